The maximum absolute atomic E-state index is 6.45. The quantitative estimate of drug-likeness (QED) is 0.115. The van der Waals surface area contributed by atoms with Crippen molar-refractivity contribution in [3.8, 4) is 0 Å². The summed E-state index contributed by atoms with van der Waals surface area (Å²) in [7, 11) is -3.82. The lowest BCUT2D eigenvalue weighted by molar-refractivity contribution is -0.0000184. The number of hydrogen-bond acceptors (Lipinski definition) is 3. The van der Waals surface area contributed by atoms with Crippen LogP contribution in [0.2, 0.25) is 0 Å². The molecule has 0 saturated heterocycles. The molecule has 0 aliphatic heterocycles. The molecule has 0 spiro atoms. The van der Waals surface area contributed by atoms with Gasteiger partial charge < -0.3 is 25.7 Å². The first-order chi connectivity index (χ1) is 14.6. The summed E-state index contributed by atoms with van der Waals surface area (Å²) >= 11 is 0. The molecule has 0 radical (unpaired) electrons. The van der Waals surface area contributed by atoms with Crippen LogP contribution in [0.1, 0.15) is 119 Å². The molecule has 0 N–H and O–H groups in total. The molecule has 6 heteroatoms. The van der Waals surface area contributed by atoms with Gasteiger partial charge in [-0.1, -0.05) is 64.7 Å². The second kappa shape index (κ2) is 21.4. The Morgan fingerprint density at radius 1 is 0.548 bits per heavy atom. The molecule has 0 aliphatic carbocycles. The monoisotopic (exact) mass is 498 g/mol. The van der Waals surface area contributed by atoms with Gasteiger partial charge in [-0.15, -0.1) is 0 Å². The van der Waals surface area contributed by atoms with Crippen LogP contribution < -0.4 is 12.4 Å². The van der Waals surface area contributed by atoms with Crippen LogP contribution >= 0.6 is 7.26 Å². The zero-order chi connectivity index (χ0) is 22.7. The van der Waals surface area contributed by atoms with Gasteiger partial charge in [-0.3, -0.25) is 0 Å². The lowest BCUT2D eigenvalue weighted by Crippen LogP contribution is -3.00. The van der Waals surface area contributed by atoms with E-state index < -0.39 is 16.1 Å². The summed E-state index contributed by atoms with van der Waals surface area (Å²) in [5, 5.41) is 0.513. The van der Waals surface area contributed by atoms with Crippen molar-refractivity contribution in [1.82, 2.24) is 0 Å². The molecule has 0 rings (SSSR count). The highest BCUT2D eigenvalue weighted by atomic mass is 35.5. The van der Waals surface area contributed by atoms with Gasteiger partial charge in [0, 0.05) is 27.1 Å². The van der Waals surface area contributed by atoms with Crippen LogP contribution in [-0.2, 0) is 13.3 Å². The van der Waals surface area contributed by atoms with E-state index in [1.165, 1.54) is 89.1 Å². The highest BCUT2D eigenvalue weighted by molar-refractivity contribution is 7.78. The van der Waals surface area contributed by atoms with Crippen LogP contribution in [0, 0.1) is 0 Å². The van der Waals surface area contributed by atoms with Gasteiger partial charge in [0.2, 0.25) is 0 Å². The number of rotatable bonds is 22. The van der Waals surface area contributed by atoms with E-state index in [2.05, 4.69) is 48.5 Å². The van der Waals surface area contributed by atoms with Crippen molar-refractivity contribution in [1.29, 1.82) is 0 Å². The van der Waals surface area contributed by atoms with E-state index in [-0.39, 0.29) is 12.4 Å². The van der Waals surface area contributed by atoms with Gasteiger partial charge in [0.15, 0.2) is 0 Å². The third-order valence-electron chi connectivity index (χ3n) is 6.83. The summed E-state index contributed by atoms with van der Waals surface area (Å²) in [5.74, 6) is 0. The smallest absolute Gasteiger partial charge is 0.543 e. The third kappa shape index (κ3) is 12.2. The zero-order valence-corrected chi connectivity index (χ0v) is 24.8. The first-order valence-corrected chi connectivity index (χ1v) is 17.5. The summed E-state index contributed by atoms with van der Waals surface area (Å²) in [6, 6.07) is 0. The Bertz CT molecular complexity index is 358. The van der Waals surface area contributed by atoms with Gasteiger partial charge in [0.1, 0.15) is 5.28 Å². The largest absolute Gasteiger partial charge is 1.00 e. The minimum absolute atomic E-state index is 0. The predicted octanol–water partition coefficient (Wildman–Crippen LogP) is 5.33. The van der Waals surface area contributed by atoms with E-state index in [1.807, 2.05) is 0 Å². The fourth-order valence-electron chi connectivity index (χ4n) is 4.96. The first-order valence-electron chi connectivity index (χ1n) is 13.3. The van der Waals surface area contributed by atoms with Crippen LogP contribution in [0.4, 0.5) is 0 Å². The van der Waals surface area contributed by atoms with E-state index in [9.17, 15) is 0 Å². The van der Waals surface area contributed by atoms with Gasteiger partial charge in [-0.25, -0.2) is 0 Å². The molecule has 31 heavy (non-hydrogen) atoms. The summed E-state index contributed by atoms with van der Waals surface area (Å²) in [5.41, 5.74) is 0. The average Bonchev–Trinajstić information content (AvgIpc) is 2.75. The standard InChI is InChI=1S/C25H56O3PSi.ClH/c1-8-15-16-17-18-19-20-21-22-23-24-25(29(12-5,13-6)14-7)30(26-9-2,27-10-3)28-11-4;/h25H,8-24H2,1-7H3;1H/q+1;/p-1. The van der Waals surface area contributed by atoms with Gasteiger partial charge in [-0.05, 0) is 54.4 Å². The van der Waals surface area contributed by atoms with Crippen LogP contribution in [0.5, 0.6) is 0 Å². The van der Waals surface area contributed by atoms with Crippen LogP contribution in [0.15, 0.2) is 0 Å². The van der Waals surface area contributed by atoms with Crippen LogP contribution in [0.3, 0.4) is 0 Å². The Morgan fingerprint density at radius 2 is 0.903 bits per heavy atom. The topological polar surface area (TPSA) is 27.7 Å². The van der Waals surface area contributed by atoms with Crippen LogP contribution in [0.25, 0.3) is 0 Å². The Kier molecular flexibility index (Phi) is 23.4. The van der Waals surface area contributed by atoms with Crippen molar-refractivity contribution in [3.05, 3.63) is 0 Å². The lowest BCUT2D eigenvalue weighted by atomic mass is 10.1. The molecule has 1 unspecified atom stereocenters. The van der Waals surface area contributed by atoms with E-state index in [1.54, 1.807) is 0 Å². The molecule has 0 amide bonds. The number of halogens is 1. The summed E-state index contributed by atoms with van der Waals surface area (Å²) in [6.45, 7) is 17.9. The molecule has 0 saturated carbocycles. The average molecular weight is 499 g/mol. The van der Waals surface area contributed by atoms with Crippen molar-refractivity contribution < 1.29 is 25.7 Å². The Balaban J connectivity index is 0. The second-order valence-electron chi connectivity index (χ2n) is 8.56. The molecule has 190 valence electrons. The molecule has 3 nitrogen and oxygen atoms in total. The molecular weight excluding hydrogens is 443 g/mol. The molecular formula is C25H56ClO3PSi. The summed E-state index contributed by atoms with van der Waals surface area (Å²) in [6.07, 6.45) is 18.9. The normalized spacial score (nSPS) is 13.3. The van der Waals surface area contributed by atoms with E-state index in [0.29, 0.717) is 25.1 Å². The highest BCUT2D eigenvalue weighted by Gasteiger charge is 2.61. The molecule has 0 fully saturated rings. The molecule has 0 aromatic heterocycles. The molecule has 0 aromatic rings. The molecule has 0 heterocycles. The zero-order valence-electron chi connectivity index (χ0n) is 22.1. The van der Waals surface area contributed by atoms with Gasteiger partial charge in [0.05, 0.1) is 18.5 Å². The second-order valence-corrected chi connectivity index (χ2v) is 16.8. The fraction of sp³-hybridized carbons (Fsp3) is 1.00. The minimum atomic E-state index is -2.67. The maximum Gasteiger partial charge on any atom is 0.543 e. The molecule has 0 aliphatic rings. The number of hydrogen-bond donors (Lipinski definition) is 0. The number of unbranched alkanes of at least 4 members (excludes halogenated alkanes) is 9. The fourth-order valence-corrected chi connectivity index (χ4v) is 15.9. The van der Waals surface area contributed by atoms with Crippen molar-refractivity contribution >= 4 is 16.1 Å². The lowest BCUT2D eigenvalue weighted by Gasteiger charge is -2.41. The van der Waals surface area contributed by atoms with E-state index >= 15 is 0 Å². The molecule has 0 aromatic carbocycles. The van der Waals surface area contributed by atoms with Crippen molar-refractivity contribution in [2.24, 2.45) is 0 Å². The summed E-state index contributed by atoms with van der Waals surface area (Å²) in [4.78, 5) is 0. The van der Waals surface area contributed by atoms with Gasteiger partial charge in [-0.2, -0.15) is 0 Å². The Labute approximate surface area is 204 Å². The van der Waals surface area contributed by atoms with Crippen LogP contribution in [-0.4, -0.2) is 52.4 Å². The molecule has 1 atom stereocenters. The van der Waals surface area contributed by atoms with Gasteiger partial charge >= 0.3 is 8.80 Å². The Morgan fingerprint density at radius 3 is 1.23 bits per heavy atom. The van der Waals surface area contributed by atoms with Crippen molar-refractivity contribution in [3.63, 3.8) is 0 Å². The maximum atomic E-state index is 6.45. The van der Waals surface area contributed by atoms with Gasteiger partial charge in [0.25, 0.3) is 0 Å². The van der Waals surface area contributed by atoms with Crippen molar-refractivity contribution in [2.45, 2.75) is 124 Å². The highest BCUT2D eigenvalue weighted by Crippen LogP contribution is 2.66. The van der Waals surface area contributed by atoms with E-state index in [4.69, 9.17) is 13.3 Å². The van der Waals surface area contributed by atoms with E-state index in [0.717, 1.165) is 0 Å². The minimum Gasteiger partial charge on any atom is -1.00 e. The molecule has 0 bridgehead atoms. The first kappa shape index (κ1) is 34.0. The summed E-state index contributed by atoms with van der Waals surface area (Å²) < 4.78 is 19.3. The van der Waals surface area contributed by atoms with Crippen molar-refractivity contribution in [2.75, 3.05) is 38.3 Å². The Hall–Kier alpha value is 0.817. The predicted molar refractivity (Wildman–Crippen MR) is 139 cm³/mol. The third-order valence-corrected chi connectivity index (χ3v) is 18.0. The SMILES string of the molecule is CCCCCCCCCCCCC([Si](OCC)(OCC)OCC)[P+](CC)(CC)CC.[Cl-].